The summed E-state index contributed by atoms with van der Waals surface area (Å²) in [6.45, 7) is 7.17. The number of hydrogen-bond acceptors (Lipinski definition) is 0. The molecule has 0 unspecified atom stereocenters. The molecule has 2 heterocycles. The van der Waals surface area contributed by atoms with E-state index < -0.39 is 18.4 Å². The third-order valence-corrected chi connectivity index (χ3v) is 15.8. The molecule has 0 amide bonds. The Morgan fingerprint density at radius 3 is 1.04 bits per heavy atom. The number of hydrogen-bond donors (Lipinski definition) is 0. The van der Waals surface area contributed by atoms with Gasteiger partial charge in [-0.2, -0.15) is 0 Å². The molecule has 0 spiro atoms. The van der Waals surface area contributed by atoms with Crippen LogP contribution < -0.4 is 43.7 Å². The first kappa shape index (κ1) is 42.9. The van der Waals surface area contributed by atoms with Gasteiger partial charge < -0.3 is 0 Å². The van der Waals surface area contributed by atoms with E-state index in [2.05, 4.69) is 245 Å². The average Bonchev–Trinajstić information content (AvgIpc) is 3.23. The first-order valence-electron chi connectivity index (χ1n) is 20.0. The van der Waals surface area contributed by atoms with Crippen molar-refractivity contribution in [2.75, 3.05) is 0 Å². The topological polar surface area (TPSA) is 0 Å². The van der Waals surface area contributed by atoms with Crippen LogP contribution in [0.15, 0.2) is 168 Å². The molecule has 0 saturated heterocycles. The number of fused-ring (bicyclic) bond motifs is 4. The van der Waals surface area contributed by atoms with Crippen molar-refractivity contribution in [3.05, 3.63) is 190 Å². The molecular formula is C50H50B4Br2Sn. The number of allylic oxidation sites excluding steroid dienone is 2. The van der Waals surface area contributed by atoms with E-state index in [-0.39, 0.29) is 0 Å². The fraction of sp³-hybridized carbons (Fsp3) is 0.120. The molecule has 0 fully saturated rings. The van der Waals surface area contributed by atoms with Gasteiger partial charge in [0.1, 0.15) is 0 Å². The summed E-state index contributed by atoms with van der Waals surface area (Å²) in [4.78, 5) is 7.25. The van der Waals surface area contributed by atoms with E-state index in [1.54, 1.807) is 0 Å². The van der Waals surface area contributed by atoms with Crippen molar-refractivity contribution in [1.82, 2.24) is 0 Å². The van der Waals surface area contributed by atoms with E-state index in [0.717, 1.165) is 0 Å². The molecule has 0 radical (unpaired) electrons. The zero-order chi connectivity index (χ0) is 40.4. The molecular weight excluding hydrogens is 922 g/mol. The van der Waals surface area contributed by atoms with Gasteiger partial charge in [0, 0.05) is 0 Å². The minimum atomic E-state index is -1.74. The van der Waals surface area contributed by atoms with Gasteiger partial charge in [0.05, 0.1) is 0 Å². The molecule has 57 heavy (non-hydrogen) atoms. The van der Waals surface area contributed by atoms with Gasteiger partial charge in [-0.05, 0) is 18.1 Å². The molecule has 6 aromatic carbocycles. The van der Waals surface area contributed by atoms with Crippen LogP contribution in [-0.4, -0.2) is 42.9 Å². The molecule has 280 valence electrons. The summed E-state index contributed by atoms with van der Waals surface area (Å²) in [6, 6.07) is 52.3. The van der Waals surface area contributed by atoms with Crippen LogP contribution in [0.3, 0.4) is 0 Å². The molecule has 2 aliphatic heterocycles. The normalized spacial score (nSPS) is 13.2. The van der Waals surface area contributed by atoms with Crippen LogP contribution in [0.5, 0.6) is 0 Å². The molecule has 0 atom stereocenters. The van der Waals surface area contributed by atoms with Gasteiger partial charge in [-0.1, -0.05) is 190 Å². The van der Waals surface area contributed by atoms with Crippen LogP contribution >= 0.6 is 31.5 Å². The monoisotopic (exact) mass is 972 g/mol. The molecule has 0 nitrogen and oxygen atoms in total. The minimum absolute atomic E-state index is 0.314. The third kappa shape index (κ3) is 11.1. The molecule has 7 heteroatoms. The van der Waals surface area contributed by atoms with Crippen LogP contribution in [0.4, 0.5) is 0 Å². The molecule has 0 saturated carbocycles. The van der Waals surface area contributed by atoms with Crippen molar-refractivity contribution >= 4 is 142 Å². The number of benzene rings is 6. The van der Waals surface area contributed by atoms with E-state index in [1.807, 2.05) is 13.8 Å². The Bertz CT molecular complexity index is 2230. The van der Waals surface area contributed by atoms with E-state index in [1.165, 1.54) is 66.0 Å². The first-order chi connectivity index (χ1) is 27.6. The average molecular weight is 973 g/mol. The van der Waals surface area contributed by atoms with Gasteiger partial charge >= 0.3 is 97.8 Å². The van der Waals surface area contributed by atoms with Crippen molar-refractivity contribution < 1.29 is 0 Å². The van der Waals surface area contributed by atoms with Crippen molar-refractivity contribution in [3.63, 3.8) is 0 Å². The van der Waals surface area contributed by atoms with Crippen molar-refractivity contribution in [2.45, 2.75) is 35.5 Å². The molecule has 0 bridgehead atoms. The summed E-state index contributed by atoms with van der Waals surface area (Å²) in [7, 11) is 0. The number of rotatable bonds is 6. The number of halogens is 2. The second-order valence-electron chi connectivity index (χ2n) is 15.8. The van der Waals surface area contributed by atoms with Crippen molar-refractivity contribution in [3.8, 4) is 0 Å². The molecule has 0 aliphatic carbocycles. The second-order valence-corrected chi connectivity index (χ2v) is 32.1. The van der Waals surface area contributed by atoms with Crippen molar-refractivity contribution in [2.24, 2.45) is 0 Å². The van der Waals surface area contributed by atoms with Gasteiger partial charge in [0.25, 0.3) is 11.1 Å². The molecule has 2 aliphatic rings. The summed E-state index contributed by atoms with van der Waals surface area (Å²) >= 11 is 5.85. The summed E-state index contributed by atoms with van der Waals surface area (Å²) in [5.41, 5.74) is 16.9. The summed E-state index contributed by atoms with van der Waals surface area (Å²) in [5, 5.41) is 0. The molecule has 0 aromatic heterocycles. The van der Waals surface area contributed by atoms with Crippen LogP contribution in [0.1, 0.15) is 36.1 Å². The molecule has 0 N–H and O–H groups in total. The van der Waals surface area contributed by atoms with E-state index in [4.69, 9.17) is 0 Å². The van der Waals surface area contributed by atoms with Crippen LogP contribution in [0, 0.1) is 0 Å². The predicted molar refractivity (Wildman–Crippen MR) is 273 cm³/mol. The molecule has 6 aromatic rings. The summed E-state index contributed by atoms with van der Waals surface area (Å²) < 4.78 is 2.44. The van der Waals surface area contributed by atoms with Gasteiger partial charge in [-0.25, -0.2) is 0 Å². The van der Waals surface area contributed by atoms with Crippen LogP contribution in [-0.2, 0) is 0 Å². The zero-order valence-electron chi connectivity index (χ0n) is 34.0. The molecule has 8 rings (SSSR count). The maximum absolute atomic E-state index is 3.79. The summed E-state index contributed by atoms with van der Waals surface area (Å²) in [5.74, 6) is 2.36. The Kier molecular flexibility index (Phi) is 15.3. The Balaban J connectivity index is 0.000000153. The Hall–Kier alpha value is -3.70. The second kappa shape index (κ2) is 20.3. The van der Waals surface area contributed by atoms with Gasteiger partial charge in [-0.3, -0.25) is 0 Å². The van der Waals surface area contributed by atoms with Crippen LogP contribution in [0.2, 0.25) is 21.6 Å². The van der Waals surface area contributed by atoms with E-state index in [9.17, 15) is 0 Å². The standard InChI is InChI=1S/C24H22B2.C12H8B2Br2.C11H11.3CH3.Sn/c1-3-8-19-13-15-20(16-14-19)17-18-26-23-11-6-4-9-21(23)25(2)22-10-5-7-12-24(22)26;15-13-9-5-1-2-6-10(9)14(16)12-8-4-3-7-11(12)13;1-3-5-11-8-6-10(4-2)7-9-11;;;;/h3-18H,1-2H3;1-8H;2-9H,1H3;3*1H3;/b8-3+,18-17+;;4-2?,5-3+;;;;. The zero-order valence-corrected chi connectivity index (χ0v) is 40.1. The first-order valence-corrected chi connectivity index (χ1v) is 32.1. The van der Waals surface area contributed by atoms with E-state index in [0.29, 0.717) is 24.5 Å². The quantitative estimate of drug-likeness (QED) is 0.147. The van der Waals surface area contributed by atoms with E-state index >= 15 is 0 Å². The summed E-state index contributed by atoms with van der Waals surface area (Å²) in [6.07, 6.45) is 12.9. The maximum atomic E-state index is 3.79. The third-order valence-electron chi connectivity index (χ3n) is 10.5. The van der Waals surface area contributed by atoms with Crippen LogP contribution in [0.25, 0.3) is 24.3 Å². The van der Waals surface area contributed by atoms with Gasteiger partial charge in [0.2, 0.25) is 13.4 Å². The fourth-order valence-corrected chi connectivity index (χ4v) is 11.2. The van der Waals surface area contributed by atoms with Gasteiger partial charge in [0.15, 0.2) is 0 Å². The van der Waals surface area contributed by atoms with Gasteiger partial charge in [-0.15, -0.1) is 37.5 Å². The Morgan fingerprint density at radius 1 is 0.404 bits per heavy atom. The Labute approximate surface area is 364 Å². The fourth-order valence-electron chi connectivity index (χ4n) is 7.57. The Morgan fingerprint density at radius 2 is 0.702 bits per heavy atom. The van der Waals surface area contributed by atoms with Crippen molar-refractivity contribution in [1.29, 1.82) is 0 Å². The SMILES string of the molecule is BrB1c2ccccc2B(Br)c2ccccc21.C/C=C/c1ccc(/C=C/B2c3ccccc3B(C)c3ccccc32)cc1.C/C=C/c1ccc(/C=[CH]/[Sn]([CH3])([CH3])[CH3])cc1. The predicted octanol–water partition coefficient (Wildman–Crippen LogP) is 8.75.